The lowest BCUT2D eigenvalue weighted by atomic mass is 9.63. The van der Waals surface area contributed by atoms with Crippen LogP contribution in [0.4, 0.5) is 13.2 Å². The normalized spacial score (nSPS) is 21.2. The van der Waals surface area contributed by atoms with Gasteiger partial charge in [-0.2, -0.15) is 0 Å². The summed E-state index contributed by atoms with van der Waals surface area (Å²) >= 11 is 0. The topological polar surface area (TPSA) is 45.3 Å². The van der Waals surface area contributed by atoms with Gasteiger partial charge in [-0.1, -0.05) is 18.2 Å². The Kier molecular flexibility index (Phi) is 6.15. The van der Waals surface area contributed by atoms with Crippen LogP contribution in [0.2, 0.25) is 0 Å². The molecule has 0 saturated carbocycles. The molecule has 1 aliphatic heterocycles. The van der Waals surface area contributed by atoms with Crippen molar-refractivity contribution in [1.82, 2.24) is 9.88 Å². The predicted molar refractivity (Wildman–Crippen MR) is 127 cm³/mol. The molecular weight excluding hydrogens is 440 g/mol. The highest BCUT2D eigenvalue weighted by molar-refractivity contribution is 6.18. The quantitative estimate of drug-likeness (QED) is 0.327. The maximum Gasteiger partial charge on any atom is 0.330 e. The van der Waals surface area contributed by atoms with E-state index in [0.29, 0.717) is 12.1 Å². The van der Waals surface area contributed by atoms with Crippen LogP contribution in [0.25, 0.3) is 17.0 Å². The Morgan fingerprint density at radius 1 is 1.29 bits per heavy atom. The number of benzene rings is 2. The number of halogens is 3. The molecule has 34 heavy (non-hydrogen) atoms. The lowest BCUT2D eigenvalue weighted by molar-refractivity contribution is -0.134. The van der Waals surface area contributed by atoms with Crippen LogP contribution >= 0.6 is 0 Å². The van der Waals surface area contributed by atoms with Crippen LogP contribution in [0.1, 0.15) is 43.2 Å². The van der Waals surface area contributed by atoms with Gasteiger partial charge >= 0.3 is 5.97 Å². The number of carbonyl (C=O) groups is 1. The number of nitrogens with one attached hydrogen (secondary N) is 1. The van der Waals surface area contributed by atoms with E-state index >= 15 is 8.78 Å². The lowest BCUT2D eigenvalue weighted by Crippen LogP contribution is -2.59. The average Bonchev–Trinajstić information content (AvgIpc) is 3.13. The van der Waals surface area contributed by atoms with Crippen LogP contribution in [0.3, 0.4) is 0 Å². The molecule has 8 heteroatoms. The van der Waals surface area contributed by atoms with Crippen molar-refractivity contribution in [3.8, 4) is 0 Å². The molecule has 0 fully saturated rings. The second-order valence-corrected chi connectivity index (χ2v) is 9.41. The highest BCUT2D eigenvalue weighted by Gasteiger charge is 2.48. The van der Waals surface area contributed by atoms with E-state index in [2.05, 4.69) is 9.72 Å². The number of ether oxygens (including phenoxy) is 1. The molecular formula is C26H26BF3N2O2. The molecule has 4 rings (SSSR count). The molecule has 2 atom stereocenters. The number of fused-ring (bicyclic) bond motifs is 3. The van der Waals surface area contributed by atoms with Crippen LogP contribution < -0.4 is 0 Å². The number of aromatic nitrogens is 1. The van der Waals surface area contributed by atoms with E-state index in [1.54, 1.807) is 4.90 Å². The lowest BCUT2D eigenvalue weighted by Gasteiger charge is -2.51. The molecule has 0 amide bonds. The molecule has 176 valence electrons. The van der Waals surface area contributed by atoms with Crippen molar-refractivity contribution in [3.63, 3.8) is 0 Å². The standard InChI is InChI=1S/C26H26BF3N2O2/c1-15-11-18-17-7-5-6-8-21(17)31-24(18)26(27,32(15)14-25(2,3)30)23-19(28)12-16(13-20(23)29)9-10-22(33)34-4/h5-10,12-13,15,31H,11,14H2,1-4H3/b10-9+/t15-,26-/m1/s1. The van der Waals surface area contributed by atoms with Gasteiger partial charge in [0, 0.05) is 40.8 Å². The summed E-state index contributed by atoms with van der Waals surface area (Å²) in [5.74, 6) is -2.44. The Bertz CT molecular complexity index is 1260. The number of hydrogen-bond donors (Lipinski definition) is 1. The molecule has 0 spiro atoms. The van der Waals surface area contributed by atoms with Gasteiger partial charge in [0.05, 0.1) is 12.5 Å². The Hall–Kier alpha value is -3.00. The number of rotatable bonds is 5. The van der Waals surface area contributed by atoms with E-state index in [9.17, 15) is 9.18 Å². The van der Waals surface area contributed by atoms with E-state index in [0.717, 1.165) is 34.7 Å². The van der Waals surface area contributed by atoms with Gasteiger partial charge in [-0.15, -0.1) is 0 Å². The maximum absolute atomic E-state index is 15.6. The first-order chi connectivity index (χ1) is 16.0. The highest BCUT2D eigenvalue weighted by Crippen LogP contribution is 2.46. The summed E-state index contributed by atoms with van der Waals surface area (Å²) in [6.45, 7) is 4.56. The molecule has 1 aromatic heterocycles. The number of esters is 1. The number of alkyl halides is 1. The Morgan fingerprint density at radius 3 is 2.56 bits per heavy atom. The van der Waals surface area contributed by atoms with Crippen LogP contribution in [0.5, 0.6) is 0 Å². The number of carbonyl (C=O) groups excluding carboxylic acids is 1. The number of para-hydroxylation sites is 1. The van der Waals surface area contributed by atoms with Gasteiger partial charge in [0.25, 0.3) is 0 Å². The number of methoxy groups -OCH3 is 1. The fourth-order valence-corrected chi connectivity index (χ4v) is 4.87. The zero-order valence-electron chi connectivity index (χ0n) is 19.6. The SMILES string of the molecule is [B][C@@]1(c2c(F)cc(/C=C/C(=O)OC)cc2F)c2[nH]c3ccccc3c2C[C@@H](C)N1CC(C)(C)F. The van der Waals surface area contributed by atoms with Crippen LogP contribution in [0.15, 0.2) is 42.5 Å². The fourth-order valence-electron chi connectivity index (χ4n) is 4.87. The van der Waals surface area contributed by atoms with E-state index in [-0.39, 0.29) is 23.7 Å². The second kappa shape index (κ2) is 8.66. The van der Waals surface area contributed by atoms with Gasteiger partial charge in [-0.05, 0) is 62.6 Å². The first kappa shape index (κ1) is 24.1. The second-order valence-electron chi connectivity index (χ2n) is 9.41. The molecule has 1 aliphatic rings. The molecule has 2 radical (unpaired) electrons. The molecule has 0 aliphatic carbocycles. The molecule has 4 nitrogen and oxygen atoms in total. The monoisotopic (exact) mass is 466 g/mol. The molecule has 0 bridgehead atoms. The highest BCUT2D eigenvalue weighted by atomic mass is 19.1. The summed E-state index contributed by atoms with van der Waals surface area (Å²) in [6, 6.07) is 9.46. The van der Waals surface area contributed by atoms with Crippen LogP contribution in [-0.2, 0) is 21.4 Å². The van der Waals surface area contributed by atoms with Gasteiger partial charge in [-0.25, -0.2) is 18.0 Å². The van der Waals surface area contributed by atoms with Crippen molar-refractivity contribution in [2.45, 2.75) is 44.3 Å². The number of aromatic amines is 1. The molecule has 0 unspecified atom stereocenters. The van der Waals surface area contributed by atoms with Gasteiger partial charge < -0.3 is 9.72 Å². The van der Waals surface area contributed by atoms with E-state index in [1.807, 2.05) is 31.2 Å². The van der Waals surface area contributed by atoms with E-state index in [1.165, 1.54) is 27.0 Å². The van der Waals surface area contributed by atoms with Crippen LogP contribution in [-0.4, -0.2) is 49.1 Å². The van der Waals surface area contributed by atoms with Gasteiger partial charge in [0.1, 0.15) is 25.1 Å². The molecule has 3 aromatic rings. The van der Waals surface area contributed by atoms with Gasteiger partial charge in [0.15, 0.2) is 0 Å². The zero-order chi connectivity index (χ0) is 24.8. The third-order valence-electron chi connectivity index (χ3n) is 6.28. The number of nitrogens with zero attached hydrogens (tertiary/aromatic N) is 1. The third kappa shape index (κ3) is 4.15. The number of hydrogen-bond acceptors (Lipinski definition) is 3. The average molecular weight is 466 g/mol. The van der Waals surface area contributed by atoms with Crippen molar-refractivity contribution in [3.05, 3.63) is 76.5 Å². The van der Waals surface area contributed by atoms with Crippen molar-refractivity contribution >= 4 is 30.8 Å². The molecule has 0 saturated heterocycles. The molecule has 2 aromatic carbocycles. The largest absolute Gasteiger partial charge is 0.466 e. The summed E-state index contributed by atoms with van der Waals surface area (Å²) in [7, 11) is 8.16. The smallest absolute Gasteiger partial charge is 0.330 e. The van der Waals surface area contributed by atoms with Crippen molar-refractivity contribution in [2.75, 3.05) is 13.7 Å². The Labute approximate surface area is 198 Å². The molecule has 1 N–H and O–H groups in total. The zero-order valence-corrected chi connectivity index (χ0v) is 19.6. The summed E-state index contributed by atoms with van der Waals surface area (Å²) in [4.78, 5) is 16.3. The first-order valence-corrected chi connectivity index (χ1v) is 11.1. The maximum atomic E-state index is 15.6. The Morgan fingerprint density at radius 2 is 1.94 bits per heavy atom. The summed E-state index contributed by atoms with van der Waals surface area (Å²) < 4.78 is 50.7. The summed E-state index contributed by atoms with van der Waals surface area (Å²) in [5, 5.41) is 0.914. The van der Waals surface area contributed by atoms with Crippen molar-refractivity contribution in [1.29, 1.82) is 0 Å². The van der Waals surface area contributed by atoms with Gasteiger partial charge in [0.2, 0.25) is 0 Å². The number of H-pyrrole nitrogens is 1. The van der Waals surface area contributed by atoms with Crippen LogP contribution in [0, 0.1) is 11.6 Å². The minimum absolute atomic E-state index is 0.130. The fraction of sp³-hybridized carbons (Fsp3) is 0.346. The summed E-state index contributed by atoms with van der Waals surface area (Å²) in [5.41, 5.74) is -1.64. The predicted octanol–water partition coefficient (Wildman–Crippen LogP) is 5.00. The first-order valence-electron chi connectivity index (χ1n) is 11.1. The van der Waals surface area contributed by atoms with E-state index in [4.69, 9.17) is 7.85 Å². The Balaban J connectivity index is 1.96. The molecule has 2 heterocycles. The summed E-state index contributed by atoms with van der Waals surface area (Å²) in [6.07, 6.45) is 2.87. The van der Waals surface area contributed by atoms with Crippen molar-refractivity contribution < 1.29 is 22.7 Å². The van der Waals surface area contributed by atoms with E-state index < -0.39 is 28.7 Å². The van der Waals surface area contributed by atoms with Crippen molar-refractivity contribution in [2.24, 2.45) is 0 Å². The minimum Gasteiger partial charge on any atom is -0.466 e. The van der Waals surface area contributed by atoms with Gasteiger partial charge in [-0.3, -0.25) is 4.90 Å². The third-order valence-corrected chi connectivity index (χ3v) is 6.28. The minimum atomic E-state index is -1.80.